The number of methoxy groups -OCH3 is 2. The van der Waals surface area contributed by atoms with Gasteiger partial charge in [-0.15, -0.1) is 5.10 Å². The molecule has 0 N–H and O–H groups in total. The molecule has 0 aliphatic rings. The van der Waals surface area contributed by atoms with Gasteiger partial charge in [-0.2, -0.15) is 4.68 Å². The fourth-order valence-electron chi connectivity index (χ4n) is 3.09. The highest BCUT2D eigenvalue weighted by Gasteiger charge is 2.19. The van der Waals surface area contributed by atoms with Crippen LogP contribution in [0, 0.1) is 0 Å². The third-order valence-electron chi connectivity index (χ3n) is 4.26. The topological polar surface area (TPSA) is 88.5 Å². The van der Waals surface area contributed by atoms with E-state index in [1.165, 1.54) is 4.68 Å². The smallest absolute Gasteiger partial charge is 0.279 e. The van der Waals surface area contributed by atoms with Crippen molar-refractivity contribution in [3.05, 3.63) is 51.8 Å². The highest BCUT2D eigenvalue weighted by molar-refractivity contribution is 6.35. The summed E-state index contributed by atoms with van der Waals surface area (Å²) in [4.78, 5) is 17.7. The molecule has 0 saturated heterocycles. The summed E-state index contributed by atoms with van der Waals surface area (Å²) in [7, 11) is 3.17. The lowest BCUT2D eigenvalue weighted by molar-refractivity contribution is 0.181. The Morgan fingerprint density at radius 2 is 2.04 bits per heavy atom. The fourth-order valence-corrected chi connectivity index (χ4v) is 3.37. The number of ether oxygens (including phenoxy) is 2. The van der Waals surface area contributed by atoms with Crippen molar-refractivity contribution >= 4 is 28.2 Å². The minimum absolute atomic E-state index is 0.232. The Kier molecular flexibility index (Phi) is 4.65. The van der Waals surface area contributed by atoms with Gasteiger partial charge in [-0.05, 0) is 12.1 Å². The largest absolute Gasteiger partial charge is 0.383 e. The third-order valence-corrected chi connectivity index (χ3v) is 4.56. The molecule has 4 aromatic rings. The van der Waals surface area contributed by atoms with Crippen LogP contribution >= 0.6 is 11.6 Å². The zero-order chi connectivity index (χ0) is 19.0. The Labute approximate surface area is 158 Å². The summed E-state index contributed by atoms with van der Waals surface area (Å²) in [5, 5.41) is 8.59. The maximum Gasteiger partial charge on any atom is 0.279 e. The van der Waals surface area contributed by atoms with Gasteiger partial charge in [0.15, 0.2) is 11.3 Å². The van der Waals surface area contributed by atoms with Gasteiger partial charge in [0.25, 0.3) is 5.56 Å². The number of rotatable bonds is 6. The number of nitrogens with zero attached hydrogens (tertiary/aromatic N) is 6. The number of hydrogen-bond donors (Lipinski definition) is 0. The summed E-state index contributed by atoms with van der Waals surface area (Å²) < 4.78 is 15.0. The van der Waals surface area contributed by atoms with Crippen LogP contribution < -0.4 is 5.56 Å². The Morgan fingerprint density at radius 3 is 2.81 bits per heavy atom. The Hall–Kier alpha value is -2.75. The SMILES string of the molecule is COCCn1c(=O)c2c(-n3cc(COC)nn3)ncn2c2cccc(Cl)c21. The Bertz CT molecular complexity index is 1180. The van der Waals surface area contributed by atoms with Crippen LogP contribution in [-0.2, 0) is 22.6 Å². The van der Waals surface area contributed by atoms with Crippen molar-refractivity contribution in [1.29, 1.82) is 0 Å². The summed E-state index contributed by atoms with van der Waals surface area (Å²) in [5.41, 5.74) is 2.20. The van der Waals surface area contributed by atoms with Gasteiger partial charge in [0.05, 0.1) is 35.5 Å². The summed E-state index contributed by atoms with van der Waals surface area (Å²) in [6, 6.07) is 5.48. The first-order valence-corrected chi connectivity index (χ1v) is 8.61. The molecule has 0 saturated carbocycles. The van der Waals surface area contributed by atoms with Gasteiger partial charge in [-0.1, -0.05) is 22.9 Å². The summed E-state index contributed by atoms with van der Waals surface area (Å²) in [5.74, 6) is 0.392. The number of fused-ring (bicyclic) bond motifs is 3. The Morgan fingerprint density at radius 1 is 1.19 bits per heavy atom. The van der Waals surface area contributed by atoms with Gasteiger partial charge in [0.2, 0.25) is 0 Å². The predicted octanol–water partition coefficient (Wildman–Crippen LogP) is 1.68. The van der Waals surface area contributed by atoms with E-state index < -0.39 is 0 Å². The first-order chi connectivity index (χ1) is 13.2. The summed E-state index contributed by atoms with van der Waals surface area (Å²) in [6.45, 7) is 1.06. The van der Waals surface area contributed by atoms with Gasteiger partial charge in [-0.25, -0.2) is 4.98 Å². The zero-order valence-electron chi connectivity index (χ0n) is 14.8. The first kappa shape index (κ1) is 17.7. The molecule has 0 atom stereocenters. The Balaban J connectivity index is 2.02. The average Bonchev–Trinajstić information content (AvgIpc) is 3.29. The molecule has 3 aromatic heterocycles. The van der Waals surface area contributed by atoms with Crippen LogP contribution in [0.2, 0.25) is 5.02 Å². The second kappa shape index (κ2) is 7.10. The molecule has 0 amide bonds. The molecule has 4 rings (SSSR count). The number of hydrogen-bond acceptors (Lipinski definition) is 6. The second-order valence-electron chi connectivity index (χ2n) is 5.93. The molecule has 27 heavy (non-hydrogen) atoms. The van der Waals surface area contributed by atoms with Gasteiger partial charge in [0, 0.05) is 20.8 Å². The molecule has 0 fully saturated rings. The molecular formula is C17H17ClN6O3. The van der Waals surface area contributed by atoms with Crippen molar-refractivity contribution in [2.45, 2.75) is 13.2 Å². The van der Waals surface area contributed by atoms with Crippen LogP contribution in [0.4, 0.5) is 0 Å². The maximum absolute atomic E-state index is 13.3. The van der Waals surface area contributed by atoms with Crippen molar-refractivity contribution in [3.63, 3.8) is 0 Å². The van der Waals surface area contributed by atoms with Gasteiger partial charge in [0.1, 0.15) is 12.0 Å². The molecule has 140 valence electrons. The van der Waals surface area contributed by atoms with Gasteiger partial charge >= 0.3 is 0 Å². The molecular weight excluding hydrogens is 372 g/mol. The van der Waals surface area contributed by atoms with Crippen LogP contribution in [0.5, 0.6) is 0 Å². The average molecular weight is 389 g/mol. The molecule has 3 heterocycles. The highest BCUT2D eigenvalue weighted by atomic mass is 35.5. The molecule has 0 aliphatic carbocycles. The van der Waals surface area contributed by atoms with E-state index in [4.69, 9.17) is 21.1 Å². The van der Waals surface area contributed by atoms with Crippen molar-refractivity contribution in [2.75, 3.05) is 20.8 Å². The molecule has 10 heteroatoms. The lowest BCUT2D eigenvalue weighted by atomic mass is 10.2. The highest BCUT2D eigenvalue weighted by Crippen LogP contribution is 2.24. The molecule has 9 nitrogen and oxygen atoms in total. The van der Waals surface area contributed by atoms with Crippen LogP contribution in [0.1, 0.15) is 5.69 Å². The molecule has 0 radical (unpaired) electrons. The quantitative estimate of drug-likeness (QED) is 0.499. The molecule has 0 bridgehead atoms. The minimum atomic E-state index is -0.232. The first-order valence-electron chi connectivity index (χ1n) is 8.23. The fraction of sp³-hybridized carbons (Fsp3) is 0.294. The van der Waals surface area contributed by atoms with E-state index in [0.717, 1.165) is 5.52 Å². The van der Waals surface area contributed by atoms with Crippen LogP contribution in [0.25, 0.3) is 22.4 Å². The van der Waals surface area contributed by atoms with E-state index in [1.807, 2.05) is 12.1 Å². The molecule has 1 aromatic carbocycles. The van der Waals surface area contributed by atoms with E-state index in [-0.39, 0.29) is 5.56 Å². The summed E-state index contributed by atoms with van der Waals surface area (Å²) in [6.07, 6.45) is 3.27. The standard InChI is InChI=1S/C17H17ClN6O3/c1-26-7-6-22-14-12(18)4-3-5-13(14)23-10-19-16(15(23)17(22)25)24-8-11(9-27-2)20-21-24/h3-5,8,10H,6-7,9H2,1-2H3. The summed E-state index contributed by atoms with van der Waals surface area (Å²) >= 11 is 6.40. The number of para-hydroxylation sites is 1. The van der Waals surface area contributed by atoms with Gasteiger partial charge < -0.3 is 14.0 Å². The lowest BCUT2D eigenvalue weighted by Crippen LogP contribution is -2.25. The minimum Gasteiger partial charge on any atom is -0.383 e. The van der Waals surface area contributed by atoms with Crippen LogP contribution in [-0.4, -0.2) is 49.8 Å². The van der Waals surface area contributed by atoms with Crippen molar-refractivity contribution < 1.29 is 9.47 Å². The monoisotopic (exact) mass is 388 g/mol. The van der Waals surface area contributed by atoms with E-state index in [1.54, 1.807) is 41.8 Å². The van der Waals surface area contributed by atoms with E-state index in [0.29, 0.717) is 47.3 Å². The second-order valence-corrected chi connectivity index (χ2v) is 6.34. The zero-order valence-corrected chi connectivity index (χ0v) is 15.5. The van der Waals surface area contributed by atoms with E-state index in [9.17, 15) is 4.79 Å². The van der Waals surface area contributed by atoms with Crippen molar-refractivity contribution in [1.82, 2.24) is 28.9 Å². The predicted molar refractivity (Wildman–Crippen MR) is 99.5 cm³/mol. The lowest BCUT2D eigenvalue weighted by Gasteiger charge is -2.13. The van der Waals surface area contributed by atoms with Crippen molar-refractivity contribution in [2.24, 2.45) is 0 Å². The number of aromatic nitrogens is 6. The van der Waals surface area contributed by atoms with E-state index in [2.05, 4.69) is 15.3 Å². The third kappa shape index (κ3) is 2.89. The number of imidazole rings is 1. The molecule has 0 unspecified atom stereocenters. The van der Waals surface area contributed by atoms with Gasteiger partial charge in [-0.3, -0.25) is 9.20 Å². The molecule has 0 spiro atoms. The molecule has 0 aliphatic heterocycles. The normalized spacial score (nSPS) is 11.7. The van der Waals surface area contributed by atoms with Crippen LogP contribution in [0.3, 0.4) is 0 Å². The number of halogens is 1. The van der Waals surface area contributed by atoms with Crippen molar-refractivity contribution in [3.8, 4) is 5.82 Å². The maximum atomic E-state index is 13.3. The van der Waals surface area contributed by atoms with Crippen LogP contribution in [0.15, 0.2) is 35.5 Å². The van der Waals surface area contributed by atoms with E-state index >= 15 is 0 Å². The number of benzene rings is 1.